The highest BCUT2D eigenvalue weighted by atomic mass is 32.1. The standard InChI is InChI=1S/C17H15FN2O2S/c1-2-11-3-8-14-15(9-11)23-17(19-14)20-16(21)10-22-13-6-4-12(18)5-7-13/h3-9H,2,10H2,1H3,(H,19,20,21). The summed E-state index contributed by atoms with van der Waals surface area (Å²) in [5.41, 5.74) is 2.10. The molecule has 0 saturated heterocycles. The average Bonchev–Trinajstić information content (AvgIpc) is 2.95. The van der Waals surface area contributed by atoms with E-state index in [0.717, 1.165) is 16.6 Å². The number of halogens is 1. The van der Waals surface area contributed by atoms with Gasteiger partial charge in [-0.15, -0.1) is 0 Å². The predicted octanol–water partition coefficient (Wildman–Crippen LogP) is 4.02. The summed E-state index contributed by atoms with van der Waals surface area (Å²) in [7, 11) is 0. The number of thiazole rings is 1. The van der Waals surface area contributed by atoms with Crippen LogP contribution in [-0.2, 0) is 11.2 Å². The highest BCUT2D eigenvalue weighted by molar-refractivity contribution is 7.22. The first-order valence-corrected chi connectivity index (χ1v) is 8.03. The zero-order chi connectivity index (χ0) is 16.2. The number of amides is 1. The summed E-state index contributed by atoms with van der Waals surface area (Å²) in [4.78, 5) is 16.3. The maximum absolute atomic E-state index is 12.8. The van der Waals surface area contributed by atoms with Gasteiger partial charge in [0.1, 0.15) is 11.6 Å². The van der Waals surface area contributed by atoms with Crippen molar-refractivity contribution < 1.29 is 13.9 Å². The number of fused-ring (bicyclic) bond motifs is 1. The molecule has 0 atom stereocenters. The molecule has 118 valence electrons. The third-order valence-electron chi connectivity index (χ3n) is 3.29. The van der Waals surface area contributed by atoms with E-state index in [1.807, 2.05) is 12.1 Å². The molecule has 0 aliphatic heterocycles. The minimum absolute atomic E-state index is 0.151. The Morgan fingerprint density at radius 3 is 2.78 bits per heavy atom. The summed E-state index contributed by atoms with van der Waals surface area (Å²) in [6.07, 6.45) is 0.959. The number of nitrogens with one attached hydrogen (secondary N) is 1. The van der Waals surface area contributed by atoms with Gasteiger partial charge in [-0.2, -0.15) is 0 Å². The largest absolute Gasteiger partial charge is 0.484 e. The van der Waals surface area contributed by atoms with Gasteiger partial charge in [0, 0.05) is 0 Å². The number of aryl methyl sites for hydroxylation is 1. The zero-order valence-electron chi connectivity index (χ0n) is 12.5. The van der Waals surface area contributed by atoms with E-state index in [1.54, 1.807) is 0 Å². The first-order valence-electron chi connectivity index (χ1n) is 7.21. The quantitative estimate of drug-likeness (QED) is 0.769. The van der Waals surface area contributed by atoms with Gasteiger partial charge in [0.2, 0.25) is 0 Å². The van der Waals surface area contributed by atoms with Crippen molar-refractivity contribution in [3.63, 3.8) is 0 Å². The third-order valence-corrected chi connectivity index (χ3v) is 4.22. The lowest BCUT2D eigenvalue weighted by Crippen LogP contribution is -2.19. The van der Waals surface area contributed by atoms with Crippen LogP contribution in [0.4, 0.5) is 9.52 Å². The molecule has 0 aliphatic carbocycles. The fourth-order valence-corrected chi connectivity index (χ4v) is 3.02. The number of aromatic nitrogens is 1. The molecule has 0 bridgehead atoms. The van der Waals surface area contributed by atoms with E-state index < -0.39 is 0 Å². The smallest absolute Gasteiger partial charge is 0.264 e. The monoisotopic (exact) mass is 330 g/mol. The number of ether oxygens (including phenoxy) is 1. The molecule has 2 aromatic carbocycles. The van der Waals surface area contributed by atoms with Crippen LogP contribution in [0.25, 0.3) is 10.2 Å². The van der Waals surface area contributed by atoms with E-state index >= 15 is 0 Å². The molecule has 3 rings (SSSR count). The lowest BCUT2D eigenvalue weighted by atomic mass is 10.2. The number of nitrogens with zero attached hydrogens (tertiary/aromatic N) is 1. The van der Waals surface area contributed by atoms with Crippen molar-refractivity contribution in [2.45, 2.75) is 13.3 Å². The Morgan fingerprint density at radius 2 is 2.04 bits per heavy atom. The van der Waals surface area contributed by atoms with Gasteiger partial charge in [-0.25, -0.2) is 9.37 Å². The molecule has 6 heteroatoms. The number of carbonyl (C=O) groups is 1. The van der Waals surface area contributed by atoms with Crippen LogP contribution in [0.15, 0.2) is 42.5 Å². The van der Waals surface area contributed by atoms with Crippen molar-refractivity contribution in [2.24, 2.45) is 0 Å². The number of rotatable bonds is 5. The summed E-state index contributed by atoms with van der Waals surface area (Å²) in [6, 6.07) is 11.6. The van der Waals surface area contributed by atoms with Crippen molar-refractivity contribution in [1.29, 1.82) is 0 Å². The second-order valence-electron chi connectivity index (χ2n) is 4.97. The zero-order valence-corrected chi connectivity index (χ0v) is 13.3. The fraction of sp³-hybridized carbons (Fsp3) is 0.176. The van der Waals surface area contributed by atoms with Gasteiger partial charge < -0.3 is 4.74 Å². The maximum Gasteiger partial charge on any atom is 0.264 e. The van der Waals surface area contributed by atoms with Crippen LogP contribution >= 0.6 is 11.3 Å². The molecule has 1 amide bonds. The fourth-order valence-electron chi connectivity index (χ4n) is 2.08. The number of benzene rings is 2. The summed E-state index contributed by atoms with van der Waals surface area (Å²) in [6.45, 7) is 1.94. The predicted molar refractivity (Wildman–Crippen MR) is 89.5 cm³/mol. The van der Waals surface area contributed by atoms with Crippen molar-refractivity contribution in [2.75, 3.05) is 11.9 Å². The third kappa shape index (κ3) is 3.84. The minimum Gasteiger partial charge on any atom is -0.484 e. The van der Waals surface area contributed by atoms with E-state index in [1.165, 1.54) is 41.2 Å². The van der Waals surface area contributed by atoms with Crippen LogP contribution in [0.5, 0.6) is 5.75 Å². The number of hydrogen-bond donors (Lipinski definition) is 1. The Bertz CT molecular complexity index is 830. The summed E-state index contributed by atoms with van der Waals surface area (Å²) < 4.78 is 19.1. The van der Waals surface area contributed by atoms with Crippen LogP contribution in [0, 0.1) is 5.82 Å². The molecule has 23 heavy (non-hydrogen) atoms. The molecule has 0 fully saturated rings. The van der Waals surface area contributed by atoms with Crippen LogP contribution in [0.1, 0.15) is 12.5 Å². The highest BCUT2D eigenvalue weighted by Crippen LogP contribution is 2.27. The van der Waals surface area contributed by atoms with Gasteiger partial charge >= 0.3 is 0 Å². The van der Waals surface area contributed by atoms with Crippen molar-refractivity contribution in [3.05, 3.63) is 53.8 Å². The van der Waals surface area contributed by atoms with Crippen LogP contribution in [0.2, 0.25) is 0 Å². The Hall–Kier alpha value is -2.47. The van der Waals surface area contributed by atoms with Crippen molar-refractivity contribution >= 4 is 32.6 Å². The van der Waals surface area contributed by atoms with Gasteiger partial charge in [0.15, 0.2) is 11.7 Å². The number of carbonyl (C=O) groups excluding carboxylic acids is 1. The molecule has 4 nitrogen and oxygen atoms in total. The van der Waals surface area contributed by atoms with E-state index in [-0.39, 0.29) is 18.3 Å². The minimum atomic E-state index is -0.345. The van der Waals surface area contributed by atoms with E-state index in [0.29, 0.717) is 10.9 Å². The molecular weight excluding hydrogens is 315 g/mol. The highest BCUT2D eigenvalue weighted by Gasteiger charge is 2.09. The molecule has 1 aromatic heterocycles. The Morgan fingerprint density at radius 1 is 1.26 bits per heavy atom. The van der Waals surface area contributed by atoms with Gasteiger partial charge in [-0.1, -0.05) is 24.3 Å². The van der Waals surface area contributed by atoms with E-state index in [2.05, 4.69) is 23.3 Å². The molecular formula is C17H15FN2O2S. The van der Waals surface area contributed by atoms with Gasteiger partial charge in [-0.05, 0) is 48.4 Å². The summed E-state index contributed by atoms with van der Waals surface area (Å²) >= 11 is 1.43. The normalized spacial score (nSPS) is 10.7. The lowest BCUT2D eigenvalue weighted by Gasteiger charge is -2.05. The van der Waals surface area contributed by atoms with E-state index in [4.69, 9.17) is 4.74 Å². The lowest BCUT2D eigenvalue weighted by molar-refractivity contribution is -0.118. The summed E-state index contributed by atoms with van der Waals surface area (Å²) in [5, 5.41) is 3.26. The number of anilines is 1. The first kappa shape index (κ1) is 15.4. The first-order chi connectivity index (χ1) is 11.1. The van der Waals surface area contributed by atoms with Gasteiger partial charge in [-0.3, -0.25) is 10.1 Å². The molecule has 1 N–H and O–H groups in total. The Labute approximate surface area is 136 Å². The average molecular weight is 330 g/mol. The van der Waals surface area contributed by atoms with Crippen molar-refractivity contribution in [1.82, 2.24) is 4.98 Å². The Kier molecular flexibility index (Phi) is 4.52. The molecule has 0 radical (unpaired) electrons. The SMILES string of the molecule is CCc1ccc2nc(NC(=O)COc3ccc(F)cc3)sc2c1. The van der Waals surface area contributed by atoms with Gasteiger partial charge in [0.25, 0.3) is 5.91 Å². The molecule has 0 saturated carbocycles. The van der Waals surface area contributed by atoms with Crippen LogP contribution in [0.3, 0.4) is 0 Å². The summed E-state index contributed by atoms with van der Waals surface area (Å²) in [5.74, 6) is -0.203. The van der Waals surface area contributed by atoms with Crippen molar-refractivity contribution in [3.8, 4) is 5.75 Å². The second kappa shape index (κ2) is 6.75. The van der Waals surface area contributed by atoms with Crippen LogP contribution in [-0.4, -0.2) is 17.5 Å². The molecule has 0 spiro atoms. The maximum atomic E-state index is 12.8. The molecule has 0 aliphatic rings. The molecule has 1 heterocycles. The topological polar surface area (TPSA) is 51.2 Å². The van der Waals surface area contributed by atoms with E-state index in [9.17, 15) is 9.18 Å². The molecule has 0 unspecified atom stereocenters. The molecule has 3 aromatic rings. The second-order valence-corrected chi connectivity index (χ2v) is 6.00. The van der Waals surface area contributed by atoms with Gasteiger partial charge in [0.05, 0.1) is 10.2 Å². The Balaban J connectivity index is 1.62. The number of hydrogen-bond acceptors (Lipinski definition) is 4. The van der Waals surface area contributed by atoms with Crippen LogP contribution < -0.4 is 10.1 Å².